The van der Waals surface area contributed by atoms with Crippen LogP contribution >= 0.6 is 23.4 Å². The van der Waals surface area contributed by atoms with Gasteiger partial charge in [-0.25, -0.2) is 9.18 Å². The Balaban J connectivity index is 2.68. The van der Waals surface area contributed by atoms with Gasteiger partial charge in [-0.1, -0.05) is 23.7 Å². The number of benzene rings is 1. The van der Waals surface area contributed by atoms with Gasteiger partial charge in [-0.3, -0.25) is 18.7 Å². The lowest BCUT2D eigenvalue weighted by atomic mass is 10.1. The quantitative estimate of drug-likeness (QED) is 0.713. The second-order valence-corrected chi connectivity index (χ2v) is 6.47. The van der Waals surface area contributed by atoms with Crippen LogP contribution in [0.3, 0.4) is 0 Å². The minimum Gasteiger partial charge on any atom is -0.444 e. The van der Waals surface area contributed by atoms with Crippen molar-refractivity contribution in [2.24, 2.45) is 0 Å². The molecule has 2 aromatic rings. The van der Waals surface area contributed by atoms with Crippen molar-refractivity contribution < 1.29 is 13.9 Å². The van der Waals surface area contributed by atoms with Crippen LogP contribution in [0.5, 0.6) is 0 Å². The van der Waals surface area contributed by atoms with Gasteiger partial charge in [0.15, 0.2) is 6.73 Å². The third kappa shape index (κ3) is 4.32. The van der Waals surface area contributed by atoms with Crippen molar-refractivity contribution in [3.63, 3.8) is 0 Å². The fraction of sp³-hybridized carbons (Fsp3) is 0.312. The van der Waals surface area contributed by atoms with Crippen LogP contribution in [0.4, 0.5) is 4.39 Å². The van der Waals surface area contributed by atoms with E-state index in [0.29, 0.717) is 5.75 Å². The van der Waals surface area contributed by atoms with Crippen LogP contribution in [0.25, 0.3) is 11.1 Å². The van der Waals surface area contributed by atoms with E-state index >= 15 is 0 Å². The Morgan fingerprint density at radius 2 is 2.04 bits per heavy atom. The molecule has 134 valence electrons. The fourth-order valence-corrected chi connectivity index (χ4v) is 2.78. The van der Waals surface area contributed by atoms with Crippen molar-refractivity contribution in [3.05, 3.63) is 56.1 Å². The number of carbonyl (C=O) groups excluding carboxylic acids is 1. The first kappa shape index (κ1) is 19.3. The zero-order chi connectivity index (χ0) is 18.6. The molecule has 0 aliphatic rings. The normalized spacial score (nSPS) is 10.7. The molecule has 0 saturated carbocycles. The predicted octanol–water partition coefficient (Wildman–Crippen LogP) is 2.35. The molecule has 6 nitrogen and oxygen atoms in total. The fourth-order valence-electron chi connectivity index (χ4n) is 2.18. The van der Waals surface area contributed by atoms with Crippen LogP contribution in [0.1, 0.15) is 6.92 Å². The summed E-state index contributed by atoms with van der Waals surface area (Å²) < 4.78 is 20.7. The topological polar surface area (TPSA) is 70.3 Å². The summed E-state index contributed by atoms with van der Waals surface area (Å²) in [5, 5.41) is -0.214. The molecule has 1 heterocycles. The molecule has 0 aliphatic carbocycles. The van der Waals surface area contributed by atoms with Crippen LogP contribution in [0, 0.1) is 5.82 Å². The van der Waals surface area contributed by atoms with Crippen molar-refractivity contribution in [2.75, 3.05) is 12.0 Å². The number of thioether (sulfide) groups is 1. The van der Waals surface area contributed by atoms with E-state index < -0.39 is 23.0 Å². The van der Waals surface area contributed by atoms with E-state index in [1.165, 1.54) is 43.1 Å². The first-order valence-electron chi connectivity index (χ1n) is 7.27. The monoisotopic (exact) mass is 386 g/mol. The summed E-state index contributed by atoms with van der Waals surface area (Å²) in [6.07, 6.45) is 3.07. The summed E-state index contributed by atoms with van der Waals surface area (Å²) in [7, 11) is 0. The van der Waals surface area contributed by atoms with Crippen LogP contribution < -0.4 is 11.2 Å². The largest absolute Gasteiger partial charge is 0.444 e. The Morgan fingerprint density at radius 1 is 1.32 bits per heavy atom. The van der Waals surface area contributed by atoms with Gasteiger partial charge in [0.05, 0.1) is 10.6 Å². The molecule has 0 atom stereocenters. The minimum absolute atomic E-state index is 0.0531. The lowest BCUT2D eigenvalue weighted by Crippen LogP contribution is -2.41. The average Bonchev–Trinajstić information content (AvgIpc) is 2.57. The molecule has 25 heavy (non-hydrogen) atoms. The summed E-state index contributed by atoms with van der Waals surface area (Å²) in [5.74, 6) is -0.714. The van der Waals surface area contributed by atoms with Crippen molar-refractivity contribution >= 4 is 29.3 Å². The average molecular weight is 387 g/mol. The predicted molar refractivity (Wildman–Crippen MR) is 95.5 cm³/mol. The molecule has 0 N–H and O–H groups in total. The molecule has 0 aliphatic heterocycles. The summed E-state index contributed by atoms with van der Waals surface area (Å²) in [4.78, 5) is 36.2. The van der Waals surface area contributed by atoms with Gasteiger partial charge in [0.2, 0.25) is 0 Å². The lowest BCUT2D eigenvalue weighted by molar-refractivity contribution is -0.144. The Morgan fingerprint density at radius 3 is 2.68 bits per heavy atom. The third-order valence-corrected chi connectivity index (χ3v) is 4.38. The second-order valence-electron chi connectivity index (χ2n) is 5.11. The number of aromatic nitrogens is 2. The number of esters is 1. The standard InChI is InChI=1S/C16H16ClFN2O4S/c1-10(21)24-9-19-8-12(11-4-3-5-13(18)14(11)17)15(22)20(16(19)23)6-7-25-2/h3-5,8H,6-7,9H2,1-2H3. The molecule has 1 aromatic carbocycles. The van der Waals surface area contributed by atoms with Crippen molar-refractivity contribution in [3.8, 4) is 11.1 Å². The number of nitrogens with zero attached hydrogens (tertiary/aromatic N) is 2. The third-order valence-electron chi connectivity index (χ3n) is 3.40. The zero-order valence-electron chi connectivity index (χ0n) is 13.6. The Hall–Kier alpha value is -2.06. The summed E-state index contributed by atoms with van der Waals surface area (Å²) in [5.41, 5.74) is -0.972. The van der Waals surface area contributed by atoms with Gasteiger partial charge in [0, 0.05) is 31.0 Å². The SMILES string of the molecule is CSCCn1c(=O)c(-c2cccc(F)c2Cl)cn(COC(C)=O)c1=O. The first-order chi connectivity index (χ1) is 11.9. The van der Waals surface area contributed by atoms with Gasteiger partial charge in [-0.2, -0.15) is 11.8 Å². The van der Waals surface area contributed by atoms with Gasteiger partial charge >= 0.3 is 11.7 Å². The van der Waals surface area contributed by atoms with Gasteiger partial charge < -0.3 is 4.74 Å². The van der Waals surface area contributed by atoms with Crippen LogP contribution in [0.15, 0.2) is 34.0 Å². The number of carbonyl (C=O) groups is 1. The molecular weight excluding hydrogens is 371 g/mol. The Labute approximate surface area is 152 Å². The zero-order valence-corrected chi connectivity index (χ0v) is 15.2. The lowest BCUT2D eigenvalue weighted by Gasteiger charge is -2.13. The van der Waals surface area contributed by atoms with Crippen molar-refractivity contribution in [1.82, 2.24) is 9.13 Å². The number of ether oxygens (including phenoxy) is 1. The molecule has 0 spiro atoms. The van der Waals surface area contributed by atoms with Crippen molar-refractivity contribution in [1.29, 1.82) is 0 Å². The maximum absolute atomic E-state index is 13.8. The van der Waals surface area contributed by atoms with Crippen molar-refractivity contribution in [2.45, 2.75) is 20.2 Å². The maximum atomic E-state index is 13.8. The molecule has 0 bridgehead atoms. The summed E-state index contributed by atoms with van der Waals surface area (Å²) in [6.45, 7) is 1.02. The highest BCUT2D eigenvalue weighted by Gasteiger charge is 2.17. The molecule has 1 aromatic heterocycles. The van der Waals surface area contributed by atoms with Gasteiger partial charge in [0.1, 0.15) is 5.82 Å². The molecular formula is C16H16ClFN2O4S. The van der Waals surface area contributed by atoms with E-state index in [2.05, 4.69) is 0 Å². The second kappa shape index (κ2) is 8.35. The van der Waals surface area contributed by atoms with E-state index in [0.717, 1.165) is 9.13 Å². The van der Waals surface area contributed by atoms with E-state index in [9.17, 15) is 18.8 Å². The number of rotatable bonds is 6. The Kier molecular flexibility index (Phi) is 6.44. The van der Waals surface area contributed by atoms with Gasteiger partial charge in [0.25, 0.3) is 5.56 Å². The van der Waals surface area contributed by atoms with E-state index in [1.54, 1.807) is 0 Å². The highest BCUT2D eigenvalue weighted by atomic mass is 35.5. The minimum atomic E-state index is -0.674. The number of hydrogen-bond acceptors (Lipinski definition) is 5. The molecule has 0 amide bonds. The van der Waals surface area contributed by atoms with Crippen LogP contribution in [-0.2, 0) is 22.8 Å². The molecule has 0 unspecified atom stereocenters. The molecule has 9 heteroatoms. The van der Waals surface area contributed by atoms with Crippen LogP contribution in [-0.4, -0.2) is 27.1 Å². The Bertz CT molecular complexity index is 910. The summed E-state index contributed by atoms with van der Waals surface area (Å²) in [6, 6.07) is 4.08. The van der Waals surface area contributed by atoms with E-state index in [1.807, 2.05) is 6.26 Å². The van der Waals surface area contributed by atoms with E-state index in [-0.39, 0.29) is 29.4 Å². The van der Waals surface area contributed by atoms with Gasteiger partial charge in [-0.05, 0) is 12.3 Å². The smallest absolute Gasteiger partial charge is 0.333 e. The highest BCUT2D eigenvalue weighted by molar-refractivity contribution is 7.98. The van der Waals surface area contributed by atoms with E-state index in [4.69, 9.17) is 16.3 Å². The molecule has 0 fully saturated rings. The molecule has 0 radical (unpaired) electrons. The molecule has 0 saturated heterocycles. The number of hydrogen-bond donors (Lipinski definition) is 0. The summed E-state index contributed by atoms with van der Waals surface area (Å²) >= 11 is 7.44. The maximum Gasteiger partial charge on any atom is 0.333 e. The van der Waals surface area contributed by atoms with Gasteiger partial charge in [-0.15, -0.1) is 0 Å². The van der Waals surface area contributed by atoms with Crippen LogP contribution in [0.2, 0.25) is 5.02 Å². The molecule has 2 rings (SSSR count). The highest BCUT2D eigenvalue weighted by Crippen LogP contribution is 2.27. The number of halogens is 2. The first-order valence-corrected chi connectivity index (χ1v) is 9.05.